The number of furan rings is 2. The van der Waals surface area contributed by atoms with Gasteiger partial charge in [0.05, 0.1) is 0 Å². The van der Waals surface area contributed by atoms with Crippen molar-refractivity contribution in [2.75, 3.05) is 0 Å². The van der Waals surface area contributed by atoms with Crippen molar-refractivity contribution in [3.63, 3.8) is 0 Å². The summed E-state index contributed by atoms with van der Waals surface area (Å²) in [5.74, 6) is 2.02. The van der Waals surface area contributed by atoms with E-state index in [4.69, 9.17) is 23.8 Å². The molecule has 5 aromatic carbocycles. The molecular weight excluding hydrogens is 639 g/mol. The van der Waals surface area contributed by atoms with Crippen LogP contribution in [0.3, 0.4) is 0 Å². The van der Waals surface area contributed by atoms with Gasteiger partial charge in [-0.05, 0) is 78.9 Å². The molecule has 0 spiro atoms. The van der Waals surface area contributed by atoms with Crippen LogP contribution in [0.5, 0.6) is 0 Å². The van der Waals surface area contributed by atoms with E-state index in [1.807, 2.05) is 66.7 Å². The molecule has 3 aromatic heterocycles. The summed E-state index contributed by atoms with van der Waals surface area (Å²) in [4.78, 5) is 15.3. The average Bonchev–Trinajstić information content (AvgIpc) is 3.77. The van der Waals surface area contributed by atoms with Crippen molar-refractivity contribution < 1.29 is 8.83 Å². The van der Waals surface area contributed by atoms with Gasteiger partial charge >= 0.3 is 0 Å². The Hall–Kier alpha value is -6.59. The molecule has 0 amide bonds. The first kappa shape index (κ1) is 31.4. The molecule has 1 atom stereocenters. The molecule has 1 aliphatic rings. The number of fused-ring (bicyclic) bond motifs is 4. The fourth-order valence-corrected chi connectivity index (χ4v) is 7.23. The summed E-state index contributed by atoms with van der Waals surface area (Å²) in [6, 6.07) is 41.5. The molecule has 0 bridgehead atoms. The van der Waals surface area contributed by atoms with E-state index in [9.17, 15) is 0 Å². The summed E-state index contributed by atoms with van der Waals surface area (Å²) in [6.45, 7) is 6.05. The fourth-order valence-electron chi connectivity index (χ4n) is 7.23. The lowest BCUT2D eigenvalue weighted by molar-refractivity contribution is 0.573. The Morgan fingerprint density at radius 1 is 0.692 bits per heavy atom. The Labute approximate surface area is 301 Å². The molecule has 3 heterocycles. The SMILES string of the molecule is C=CC/C=c1/oc2ccc(C3C=CC=C(c4ccccc4)C3)cc2/c1=C(/C)c1nc(-c2ccccc2)nc(-c2ccc3oc4ccccc4c3c2)n1. The highest BCUT2D eigenvalue weighted by Gasteiger charge is 2.19. The molecular formula is C47H35N3O2. The summed E-state index contributed by atoms with van der Waals surface area (Å²) < 4.78 is 12.7. The minimum absolute atomic E-state index is 0.232. The third kappa shape index (κ3) is 5.76. The number of hydrogen-bond acceptors (Lipinski definition) is 5. The molecule has 0 aliphatic heterocycles. The number of nitrogens with zero attached hydrogens (tertiary/aromatic N) is 3. The predicted molar refractivity (Wildman–Crippen MR) is 212 cm³/mol. The van der Waals surface area contributed by atoms with Gasteiger partial charge in [-0.25, -0.2) is 15.0 Å². The molecule has 1 aliphatic carbocycles. The number of allylic oxidation sites excluding steroid dienone is 5. The van der Waals surface area contributed by atoms with E-state index in [1.54, 1.807) is 0 Å². The molecule has 0 saturated heterocycles. The second kappa shape index (κ2) is 13.3. The highest BCUT2D eigenvalue weighted by Crippen LogP contribution is 2.35. The van der Waals surface area contributed by atoms with Crippen molar-refractivity contribution >= 4 is 50.1 Å². The molecule has 0 saturated carbocycles. The summed E-state index contributed by atoms with van der Waals surface area (Å²) in [7, 11) is 0. The lowest BCUT2D eigenvalue weighted by atomic mass is 9.85. The van der Waals surface area contributed by atoms with Gasteiger partial charge in [0.15, 0.2) is 17.5 Å². The van der Waals surface area contributed by atoms with Gasteiger partial charge in [0.2, 0.25) is 0 Å². The molecule has 52 heavy (non-hydrogen) atoms. The third-order valence-electron chi connectivity index (χ3n) is 9.88. The first-order valence-electron chi connectivity index (χ1n) is 17.6. The van der Waals surface area contributed by atoms with E-state index in [-0.39, 0.29) is 5.92 Å². The average molecular weight is 674 g/mol. The minimum atomic E-state index is 0.232. The van der Waals surface area contributed by atoms with Crippen LogP contribution in [-0.2, 0) is 0 Å². The van der Waals surface area contributed by atoms with Crippen molar-refractivity contribution in [1.82, 2.24) is 15.0 Å². The van der Waals surface area contributed by atoms with Crippen LogP contribution in [0.4, 0.5) is 0 Å². The van der Waals surface area contributed by atoms with Crippen LogP contribution in [0.25, 0.3) is 72.9 Å². The van der Waals surface area contributed by atoms with Crippen molar-refractivity contribution in [2.45, 2.75) is 25.7 Å². The van der Waals surface area contributed by atoms with Gasteiger partial charge in [0.25, 0.3) is 0 Å². The molecule has 9 rings (SSSR count). The maximum atomic E-state index is 6.55. The zero-order valence-electron chi connectivity index (χ0n) is 28.8. The van der Waals surface area contributed by atoms with Crippen LogP contribution in [-0.4, -0.2) is 15.0 Å². The fraction of sp³-hybridized carbons (Fsp3) is 0.0851. The first-order chi connectivity index (χ1) is 25.6. The van der Waals surface area contributed by atoms with Gasteiger partial charge in [-0.1, -0.05) is 109 Å². The Balaban J connectivity index is 1.23. The Bertz CT molecular complexity index is 2820. The van der Waals surface area contributed by atoms with E-state index in [2.05, 4.69) is 98.5 Å². The van der Waals surface area contributed by atoms with E-state index in [1.165, 1.54) is 16.7 Å². The lowest BCUT2D eigenvalue weighted by Crippen LogP contribution is -2.24. The Kier molecular flexibility index (Phi) is 8.01. The smallest absolute Gasteiger partial charge is 0.164 e. The van der Waals surface area contributed by atoms with Crippen molar-refractivity contribution in [3.05, 3.63) is 180 Å². The summed E-state index contributed by atoms with van der Waals surface area (Å²) in [5, 5.41) is 4.09. The normalized spacial score (nSPS) is 15.4. The predicted octanol–water partition coefficient (Wildman–Crippen LogP) is 10.6. The van der Waals surface area contributed by atoms with Gasteiger partial charge in [-0.15, -0.1) is 6.58 Å². The second-order valence-electron chi connectivity index (χ2n) is 13.2. The van der Waals surface area contributed by atoms with Crippen LogP contribution in [0.1, 0.15) is 42.6 Å². The van der Waals surface area contributed by atoms with E-state index < -0.39 is 0 Å². The van der Waals surface area contributed by atoms with Gasteiger partial charge in [-0.2, -0.15) is 0 Å². The largest absolute Gasteiger partial charge is 0.456 e. The van der Waals surface area contributed by atoms with E-state index >= 15 is 0 Å². The number of benzene rings is 5. The molecule has 1 unspecified atom stereocenters. The number of rotatable bonds is 7. The van der Waals surface area contributed by atoms with Crippen LogP contribution in [0.2, 0.25) is 0 Å². The van der Waals surface area contributed by atoms with Gasteiger partial charge < -0.3 is 8.83 Å². The Morgan fingerprint density at radius 2 is 1.38 bits per heavy atom. The number of para-hydroxylation sites is 1. The summed E-state index contributed by atoms with van der Waals surface area (Å²) in [5.41, 5.74) is 9.81. The van der Waals surface area contributed by atoms with Crippen molar-refractivity contribution in [1.29, 1.82) is 0 Å². The number of hydrogen-bond donors (Lipinski definition) is 0. The third-order valence-corrected chi connectivity index (χ3v) is 9.88. The maximum Gasteiger partial charge on any atom is 0.164 e. The van der Waals surface area contributed by atoms with Crippen molar-refractivity contribution in [2.24, 2.45) is 0 Å². The molecule has 250 valence electrons. The van der Waals surface area contributed by atoms with Crippen LogP contribution < -0.4 is 10.6 Å². The lowest BCUT2D eigenvalue weighted by Gasteiger charge is -2.19. The summed E-state index contributed by atoms with van der Waals surface area (Å²) in [6.07, 6.45) is 12.2. The zero-order valence-corrected chi connectivity index (χ0v) is 28.8. The molecule has 8 aromatic rings. The van der Waals surface area contributed by atoms with Crippen molar-refractivity contribution in [3.8, 4) is 22.8 Å². The molecule has 0 fully saturated rings. The monoisotopic (exact) mass is 673 g/mol. The standard InChI is InChI=1S/C47H35N3O2/c1-3-4-21-43-44(39-28-35(23-25-42(39)52-43)34-19-13-18-33(27-34)31-14-7-5-8-15-31)30(2)45-48-46(32-16-9-6-10-17-32)50-47(49-45)36-24-26-41-38(29-36)37-20-11-12-22-40(37)51-41/h3,5-26,28-29,34H,1,4,27H2,2H3/b43-21+,44-30+. The molecule has 5 heteroatoms. The molecule has 0 N–H and O–H groups in total. The first-order valence-corrected chi connectivity index (χ1v) is 17.6. The van der Waals surface area contributed by atoms with Gasteiger partial charge in [-0.3, -0.25) is 0 Å². The second-order valence-corrected chi connectivity index (χ2v) is 13.2. The minimum Gasteiger partial charge on any atom is -0.456 e. The highest BCUT2D eigenvalue weighted by atomic mass is 16.3. The number of aromatic nitrogens is 3. The quantitative estimate of drug-likeness (QED) is 0.158. The van der Waals surface area contributed by atoms with Gasteiger partial charge in [0, 0.05) is 44.0 Å². The highest BCUT2D eigenvalue weighted by molar-refractivity contribution is 6.06. The van der Waals surface area contributed by atoms with Gasteiger partial charge in [0.1, 0.15) is 22.2 Å². The maximum absolute atomic E-state index is 6.55. The van der Waals surface area contributed by atoms with Crippen LogP contribution >= 0.6 is 0 Å². The van der Waals surface area contributed by atoms with E-state index in [0.717, 1.165) is 66.7 Å². The van der Waals surface area contributed by atoms with Crippen LogP contribution in [0, 0.1) is 0 Å². The van der Waals surface area contributed by atoms with E-state index in [0.29, 0.717) is 23.9 Å². The Morgan fingerprint density at radius 3 is 2.19 bits per heavy atom. The molecule has 5 nitrogen and oxygen atoms in total. The zero-order chi connectivity index (χ0) is 35.0. The molecule has 0 radical (unpaired) electrons. The van der Waals surface area contributed by atoms with Crippen LogP contribution in [0.15, 0.2) is 161 Å². The topological polar surface area (TPSA) is 65.0 Å². The summed E-state index contributed by atoms with van der Waals surface area (Å²) >= 11 is 0.